The molecule has 0 aliphatic heterocycles. The normalized spacial score (nSPS) is 11.0. The first-order valence-electron chi connectivity index (χ1n) is 15.4. The molecule has 3 aromatic carbocycles. The Kier molecular flexibility index (Phi) is 16.4. The third kappa shape index (κ3) is 15.1. The first-order valence-corrected chi connectivity index (χ1v) is 15.4. The van der Waals surface area contributed by atoms with Gasteiger partial charge in [-0.25, -0.2) is 9.59 Å². The van der Waals surface area contributed by atoms with Crippen LogP contribution in [0.1, 0.15) is 62.5 Å². The second-order valence-corrected chi connectivity index (χ2v) is 10.2. The highest BCUT2D eigenvalue weighted by molar-refractivity contribution is 5.87. The van der Waals surface area contributed by atoms with Crippen molar-refractivity contribution in [1.29, 1.82) is 0 Å². The zero-order valence-electron chi connectivity index (χ0n) is 25.7. The van der Waals surface area contributed by atoms with Gasteiger partial charge >= 0.3 is 11.9 Å². The van der Waals surface area contributed by atoms with Crippen LogP contribution >= 0.6 is 0 Å². The molecule has 0 unspecified atom stereocenters. The van der Waals surface area contributed by atoms with Gasteiger partial charge in [-0.1, -0.05) is 60.7 Å². The van der Waals surface area contributed by atoms with Gasteiger partial charge in [-0.3, -0.25) is 0 Å². The molecule has 234 valence electrons. The van der Waals surface area contributed by atoms with Gasteiger partial charge in [-0.15, -0.1) is 0 Å². The predicted octanol–water partition coefficient (Wildman–Crippen LogP) is 8.09. The van der Waals surface area contributed by atoms with E-state index in [-0.39, 0.29) is 11.9 Å². The SMILES string of the molecule is COc1cc(OCCCCCCOC(=O)/C=C/c2ccccc2)cc(OCCCCCCOC(=O)/C=C/c2ccccc2)c1. The molecule has 0 saturated heterocycles. The van der Waals surface area contributed by atoms with Gasteiger partial charge in [-0.05, 0) is 74.6 Å². The van der Waals surface area contributed by atoms with Crippen LogP contribution in [-0.4, -0.2) is 45.5 Å². The molecule has 0 fully saturated rings. The van der Waals surface area contributed by atoms with Crippen molar-refractivity contribution in [2.24, 2.45) is 0 Å². The summed E-state index contributed by atoms with van der Waals surface area (Å²) in [6.07, 6.45) is 13.7. The van der Waals surface area contributed by atoms with Gasteiger partial charge < -0.3 is 23.7 Å². The molecule has 0 N–H and O–H groups in total. The van der Waals surface area contributed by atoms with E-state index in [1.165, 1.54) is 12.2 Å². The van der Waals surface area contributed by atoms with Gasteiger partial charge in [0.15, 0.2) is 0 Å². The van der Waals surface area contributed by atoms with E-state index in [0.29, 0.717) is 43.7 Å². The maximum Gasteiger partial charge on any atom is 0.330 e. The second kappa shape index (κ2) is 21.2. The van der Waals surface area contributed by atoms with Crippen LogP contribution in [0.25, 0.3) is 12.2 Å². The number of carbonyl (C=O) groups is 2. The summed E-state index contributed by atoms with van der Waals surface area (Å²) in [4.78, 5) is 23.7. The lowest BCUT2D eigenvalue weighted by Gasteiger charge is -2.12. The first-order chi connectivity index (χ1) is 21.6. The maximum atomic E-state index is 11.8. The molecule has 7 heteroatoms. The number of ether oxygens (including phenoxy) is 5. The standard InChI is InChI=1S/C37H44O7/c1-40-33-28-34(41-24-12-2-4-14-26-43-36(38)22-20-31-16-8-6-9-17-31)30-35(29-33)42-25-13-3-5-15-27-44-37(39)23-21-32-18-10-7-11-19-32/h6-11,16-23,28-30H,2-5,12-15,24-27H2,1H3/b22-20+,23-21+. The molecule has 0 aliphatic rings. The fraction of sp³-hybridized carbons (Fsp3) is 0.351. The van der Waals surface area contributed by atoms with Crippen LogP contribution < -0.4 is 14.2 Å². The van der Waals surface area contributed by atoms with Crippen LogP contribution in [0.5, 0.6) is 17.2 Å². The van der Waals surface area contributed by atoms with Crippen LogP contribution in [0, 0.1) is 0 Å². The van der Waals surface area contributed by atoms with E-state index < -0.39 is 0 Å². The molecule has 0 atom stereocenters. The van der Waals surface area contributed by atoms with E-state index in [0.717, 1.165) is 62.5 Å². The van der Waals surface area contributed by atoms with Gasteiger partial charge in [0, 0.05) is 30.4 Å². The summed E-state index contributed by atoms with van der Waals surface area (Å²) in [6.45, 7) is 1.99. The van der Waals surface area contributed by atoms with Gasteiger partial charge in [-0.2, -0.15) is 0 Å². The number of esters is 2. The number of rotatable bonds is 21. The first kappa shape index (κ1) is 34.0. The molecule has 0 heterocycles. The predicted molar refractivity (Wildman–Crippen MR) is 174 cm³/mol. The minimum atomic E-state index is -0.320. The Balaban J connectivity index is 1.20. The van der Waals surface area contributed by atoms with E-state index >= 15 is 0 Å². The van der Waals surface area contributed by atoms with E-state index in [2.05, 4.69) is 0 Å². The molecule has 0 aliphatic carbocycles. The highest BCUT2D eigenvalue weighted by atomic mass is 16.5. The molecule has 0 saturated carbocycles. The number of carbonyl (C=O) groups excluding carboxylic acids is 2. The molecule has 0 bridgehead atoms. The topological polar surface area (TPSA) is 80.3 Å². The minimum Gasteiger partial charge on any atom is -0.496 e. The van der Waals surface area contributed by atoms with Crippen LogP contribution in [-0.2, 0) is 19.1 Å². The van der Waals surface area contributed by atoms with Crippen LogP contribution in [0.3, 0.4) is 0 Å². The lowest BCUT2D eigenvalue weighted by Crippen LogP contribution is -2.03. The smallest absolute Gasteiger partial charge is 0.330 e. The molecular weight excluding hydrogens is 556 g/mol. The zero-order valence-corrected chi connectivity index (χ0v) is 25.7. The van der Waals surface area contributed by atoms with Crippen molar-refractivity contribution in [3.63, 3.8) is 0 Å². The molecule has 0 amide bonds. The summed E-state index contributed by atoms with van der Waals surface area (Å²) in [5.74, 6) is 1.46. The molecule has 0 spiro atoms. The number of hydrogen-bond donors (Lipinski definition) is 0. The number of unbranched alkanes of at least 4 members (excludes halogenated alkanes) is 6. The molecular formula is C37H44O7. The third-order valence-corrected chi connectivity index (χ3v) is 6.62. The fourth-order valence-corrected chi connectivity index (χ4v) is 4.22. The van der Waals surface area contributed by atoms with E-state index in [1.807, 2.05) is 78.9 Å². The Morgan fingerprint density at radius 2 is 0.909 bits per heavy atom. The Bertz CT molecular complexity index is 1190. The highest BCUT2D eigenvalue weighted by Gasteiger charge is 2.05. The molecule has 0 radical (unpaired) electrons. The van der Waals surface area contributed by atoms with Gasteiger partial charge in [0.1, 0.15) is 17.2 Å². The maximum absolute atomic E-state index is 11.8. The van der Waals surface area contributed by atoms with E-state index in [4.69, 9.17) is 23.7 Å². The van der Waals surface area contributed by atoms with Crippen molar-refractivity contribution in [3.8, 4) is 17.2 Å². The summed E-state index contributed by atoms with van der Waals surface area (Å²) < 4.78 is 27.8. The molecule has 7 nitrogen and oxygen atoms in total. The lowest BCUT2D eigenvalue weighted by molar-refractivity contribution is -0.138. The summed E-state index contributed by atoms with van der Waals surface area (Å²) in [6, 6.07) is 24.9. The fourth-order valence-electron chi connectivity index (χ4n) is 4.22. The number of methoxy groups -OCH3 is 1. The largest absolute Gasteiger partial charge is 0.496 e. The van der Waals surface area contributed by atoms with Gasteiger partial charge in [0.25, 0.3) is 0 Å². The number of benzene rings is 3. The van der Waals surface area contributed by atoms with Crippen LogP contribution in [0.15, 0.2) is 91.0 Å². The number of hydrogen-bond acceptors (Lipinski definition) is 7. The van der Waals surface area contributed by atoms with Crippen molar-refractivity contribution in [2.45, 2.75) is 51.4 Å². The average Bonchev–Trinajstić information content (AvgIpc) is 3.06. The quantitative estimate of drug-likeness (QED) is 0.0694. The van der Waals surface area contributed by atoms with Crippen molar-refractivity contribution < 1.29 is 33.3 Å². The Hall–Kier alpha value is -4.52. The van der Waals surface area contributed by atoms with Crippen LogP contribution in [0.2, 0.25) is 0 Å². The van der Waals surface area contributed by atoms with Crippen molar-refractivity contribution in [2.75, 3.05) is 33.5 Å². The Labute approximate surface area is 261 Å². The minimum absolute atomic E-state index is 0.320. The highest BCUT2D eigenvalue weighted by Crippen LogP contribution is 2.28. The molecule has 44 heavy (non-hydrogen) atoms. The summed E-state index contributed by atoms with van der Waals surface area (Å²) in [5.41, 5.74) is 1.94. The monoisotopic (exact) mass is 600 g/mol. The molecule has 3 rings (SSSR count). The molecule has 3 aromatic rings. The van der Waals surface area contributed by atoms with Crippen molar-refractivity contribution in [3.05, 3.63) is 102 Å². The van der Waals surface area contributed by atoms with E-state index in [1.54, 1.807) is 19.3 Å². The van der Waals surface area contributed by atoms with Crippen LogP contribution in [0.4, 0.5) is 0 Å². The average molecular weight is 601 g/mol. The third-order valence-electron chi connectivity index (χ3n) is 6.62. The lowest BCUT2D eigenvalue weighted by atomic mass is 10.2. The van der Waals surface area contributed by atoms with Crippen molar-refractivity contribution in [1.82, 2.24) is 0 Å². The van der Waals surface area contributed by atoms with E-state index in [9.17, 15) is 9.59 Å². The second-order valence-electron chi connectivity index (χ2n) is 10.2. The van der Waals surface area contributed by atoms with Gasteiger partial charge in [0.2, 0.25) is 0 Å². The Morgan fingerprint density at radius 3 is 1.32 bits per heavy atom. The summed E-state index contributed by atoms with van der Waals surface area (Å²) in [5, 5.41) is 0. The molecule has 0 aromatic heterocycles. The zero-order chi connectivity index (χ0) is 31.1. The summed E-state index contributed by atoms with van der Waals surface area (Å²) >= 11 is 0. The van der Waals surface area contributed by atoms with Gasteiger partial charge in [0.05, 0.1) is 33.5 Å². The Morgan fingerprint density at radius 1 is 0.523 bits per heavy atom. The summed E-state index contributed by atoms with van der Waals surface area (Å²) in [7, 11) is 1.62. The van der Waals surface area contributed by atoms with Crippen molar-refractivity contribution >= 4 is 24.1 Å².